The highest BCUT2D eigenvalue weighted by atomic mass is 16.7. The third-order valence-corrected chi connectivity index (χ3v) is 5.25. The number of nitrogens with one attached hydrogen (secondary N) is 2. The summed E-state index contributed by atoms with van der Waals surface area (Å²) in [6, 6.07) is 9.48. The van der Waals surface area contributed by atoms with E-state index in [4.69, 9.17) is 19.8 Å². The quantitative estimate of drug-likeness (QED) is 0.646. The summed E-state index contributed by atoms with van der Waals surface area (Å²) in [6.45, 7) is 8.25. The maximum atomic E-state index is 12.2. The molecule has 1 aromatic carbocycles. The molecule has 0 saturated carbocycles. The Hall–Kier alpha value is -2.78. The van der Waals surface area contributed by atoms with Crippen molar-refractivity contribution < 1.29 is 18.8 Å². The molecule has 1 fully saturated rings. The number of amides is 1. The van der Waals surface area contributed by atoms with Crippen LogP contribution in [0.1, 0.15) is 38.8 Å². The summed E-state index contributed by atoms with van der Waals surface area (Å²) in [7, 11) is -0.635. The van der Waals surface area contributed by atoms with Crippen LogP contribution in [0.15, 0.2) is 42.0 Å². The summed E-state index contributed by atoms with van der Waals surface area (Å²) in [4.78, 5) is 12.2. The van der Waals surface area contributed by atoms with Gasteiger partial charge in [0.15, 0.2) is 0 Å². The number of anilines is 1. The van der Waals surface area contributed by atoms with E-state index in [2.05, 4.69) is 15.5 Å². The third kappa shape index (κ3) is 4.99. The van der Waals surface area contributed by atoms with Crippen molar-refractivity contribution in [3.8, 4) is 0 Å². The minimum Gasteiger partial charge on any atom is -0.445 e. The molecule has 9 heteroatoms. The van der Waals surface area contributed by atoms with Crippen molar-refractivity contribution in [2.45, 2.75) is 45.5 Å². The van der Waals surface area contributed by atoms with E-state index in [0.717, 1.165) is 5.56 Å². The molecule has 29 heavy (non-hydrogen) atoms. The van der Waals surface area contributed by atoms with Gasteiger partial charge in [-0.15, -0.1) is 0 Å². The lowest BCUT2D eigenvalue weighted by molar-refractivity contribution is 0.00578. The molecule has 154 valence electrons. The van der Waals surface area contributed by atoms with Crippen molar-refractivity contribution in [2.24, 2.45) is 0 Å². The highest BCUT2D eigenvalue weighted by molar-refractivity contribution is 6.56. The number of hydrogen-bond acceptors (Lipinski definition) is 6. The van der Waals surface area contributed by atoms with Gasteiger partial charge in [0.05, 0.1) is 17.4 Å². The van der Waals surface area contributed by atoms with Crippen LogP contribution in [-0.4, -0.2) is 41.2 Å². The number of nitrogen functional groups attached to an aromatic ring is 1. The van der Waals surface area contributed by atoms with Crippen LogP contribution in [-0.2, 0) is 20.7 Å². The van der Waals surface area contributed by atoms with E-state index in [-0.39, 0.29) is 13.2 Å². The fourth-order valence-corrected chi connectivity index (χ4v) is 2.77. The van der Waals surface area contributed by atoms with Crippen LogP contribution in [0.5, 0.6) is 0 Å². The van der Waals surface area contributed by atoms with Gasteiger partial charge in [-0.1, -0.05) is 36.4 Å². The predicted octanol–water partition coefficient (Wildman–Crippen LogP) is 2.93. The standard InChI is InChI=1S/C20H27BN4O4/c1-19(2)20(3,4)29-21(28-19)16(10-15-11-24-25-17(15)22)12-23-18(26)27-13-14-8-6-5-7-9-14/h5-11H,12-13H2,1-4H3,(H,23,26)(H3,22,24,25). The van der Waals surface area contributed by atoms with E-state index < -0.39 is 24.4 Å². The number of H-pyrrole nitrogens is 1. The molecule has 1 saturated heterocycles. The zero-order valence-corrected chi connectivity index (χ0v) is 17.2. The molecular weight excluding hydrogens is 371 g/mol. The van der Waals surface area contributed by atoms with Crippen LogP contribution in [0.4, 0.5) is 10.6 Å². The summed E-state index contributed by atoms with van der Waals surface area (Å²) < 4.78 is 17.5. The van der Waals surface area contributed by atoms with Crippen molar-refractivity contribution in [2.75, 3.05) is 12.3 Å². The number of aromatic nitrogens is 2. The molecule has 8 nitrogen and oxygen atoms in total. The van der Waals surface area contributed by atoms with E-state index >= 15 is 0 Å². The first-order valence-electron chi connectivity index (χ1n) is 9.47. The van der Waals surface area contributed by atoms with Gasteiger partial charge >= 0.3 is 13.2 Å². The Morgan fingerprint density at radius 2 is 1.90 bits per heavy atom. The fourth-order valence-electron chi connectivity index (χ4n) is 2.77. The van der Waals surface area contributed by atoms with Crippen molar-refractivity contribution in [3.05, 3.63) is 53.1 Å². The number of alkyl carbamates (subject to hydrolysis) is 1. The summed E-state index contributed by atoms with van der Waals surface area (Å²) >= 11 is 0. The largest absolute Gasteiger partial charge is 0.492 e. The van der Waals surface area contributed by atoms with Crippen LogP contribution in [0.2, 0.25) is 0 Å². The van der Waals surface area contributed by atoms with E-state index in [0.29, 0.717) is 16.9 Å². The van der Waals surface area contributed by atoms with Crippen molar-refractivity contribution in [3.63, 3.8) is 0 Å². The Kier molecular flexibility index (Phi) is 6.00. The normalized spacial score (nSPS) is 17.9. The molecule has 1 aromatic heterocycles. The Balaban J connectivity index is 1.68. The molecule has 0 bridgehead atoms. The molecule has 0 aliphatic carbocycles. The predicted molar refractivity (Wildman–Crippen MR) is 112 cm³/mol. The second-order valence-corrected chi connectivity index (χ2v) is 7.96. The van der Waals surface area contributed by atoms with E-state index in [1.54, 1.807) is 12.3 Å². The highest BCUT2D eigenvalue weighted by Crippen LogP contribution is 2.38. The number of hydrogen-bond donors (Lipinski definition) is 3. The van der Waals surface area contributed by atoms with Crippen LogP contribution < -0.4 is 11.1 Å². The number of carbonyl (C=O) groups is 1. The van der Waals surface area contributed by atoms with Gasteiger partial charge in [-0.2, -0.15) is 5.10 Å². The summed E-state index contributed by atoms with van der Waals surface area (Å²) in [5, 5.41) is 9.37. The zero-order valence-electron chi connectivity index (χ0n) is 17.2. The van der Waals surface area contributed by atoms with Crippen molar-refractivity contribution in [1.82, 2.24) is 15.5 Å². The number of nitrogens with zero attached hydrogens (tertiary/aromatic N) is 1. The van der Waals surface area contributed by atoms with Gasteiger partial charge < -0.3 is 25.1 Å². The highest BCUT2D eigenvalue weighted by Gasteiger charge is 2.52. The molecule has 2 aromatic rings. The van der Waals surface area contributed by atoms with Crippen molar-refractivity contribution >= 4 is 25.1 Å². The van der Waals surface area contributed by atoms with Gasteiger partial charge in [0.25, 0.3) is 0 Å². The summed E-state index contributed by atoms with van der Waals surface area (Å²) in [6.07, 6.45) is 2.88. The second-order valence-electron chi connectivity index (χ2n) is 7.96. The number of benzene rings is 1. The number of nitrogens with two attached hydrogens (primary N) is 1. The number of carbonyl (C=O) groups excluding carboxylic acids is 1. The molecule has 1 amide bonds. The lowest BCUT2D eigenvalue weighted by atomic mass is 9.77. The third-order valence-electron chi connectivity index (χ3n) is 5.25. The van der Waals surface area contributed by atoms with Gasteiger partial charge in [-0.3, -0.25) is 5.10 Å². The van der Waals surface area contributed by atoms with Crippen LogP contribution in [0.3, 0.4) is 0 Å². The number of aromatic amines is 1. The molecular formula is C20H27BN4O4. The Morgan fingerprint density at radius 1 is 1.24 bits per heavy atom. The zero-order chi connectivity index (χ0) is 21.1. The van der Waals surface area contributed by atoms with Crippen LogP contribution >= 0.6 is 0 Å². The van der Waals surface area contributed by atoms with Crippen LogP contribution in [0.25, 0.3) is 6.08 Å². The molecule has 1 aliphatic rings. The molecule has 0 unspecified atom stereocenters. The van der Waals surface area contributed by atoms with E-state index in [1.165, 1.54) is 0 Å². The van der Waals surface area contributed by atoms with Gasteiger partial charge in [0, 0.05) is 12.1 Å². The summed E-state index contributed by atoms with van der Waals surface area (Å²) in [5.74, 6) is 0.422. The average molecular weight is 398 g/mol. The molecule has 1 aliphatic heterocycles. The van der Waals surface area contributed by atoms with Crippen LogP contribution in [0, 0.1) is 0 Å². The first-order chi connectivity index (χ1) is 13.7. The Labute approximate surface area is 170 Å². The first kappa shape index (κ1) is 20.9. The topological polar surface area (TPSA) is 111 Å². The van der Waals surface area contributed by atoms with Gasteiger partial charge in [-0.05, 0) is 38.7 Å². The van der Waals surface area contributed by atoms with E-state index in [1.807, 2.05) is 58.0 Å². The minimum atomic E-state index is -0.635. The average Bonchev–Trinajstić information content (AvgIpc) is 3.16. The molecule has 4 N–H and O–H groups in total. The number of ether oxygens (including phenoxy) is 1. The van der Waals surface area contributed by atoms with Crippen molar-refractivity contribution in [1.29, 1.82) is 0 Å². The van der Waals surface area contributed by atoms with Gasteiger partial charge in [-0.25, -0.2) is 4.79 Å². The molecule has 0 spiro atoms. The fraction of sp³-hybridized carbons (Fsp3) is 0.400. The Bertz CT molecular complexity index is 864. The minimum absolute atomic E-state index is 0.176. The summed E-state index contributed by atoms with van der Waals surface area (Å²) in [5.41, 5.74) is 7.19. The van der Waals surface area contributed by atoms with Gasteiger partial charge in [0.2, 0.25) is 0 Å². The maximum Gasteiger partial charge on any atom is 0.492 e. The molecule has 2 heterocycles. The number of rotatable bonds is 6. The lowest BCUT2D eigenvalue weighted by Crippen LogP contribution is -2.41. The first-order valence-corrected chi connectivity index (χ1v) is 9.47. The molecule has 3 rings (SSSR count). The molecule has 0 radical (unpaired) electrons. The lowest BCUT2D eigenvalue weighted by Gasteiger charge is -2.32. The van der Waals surface area contributed by atoms with E-state index in [9.17, 15) is 4.79 Å². The monoisotopic (exact) mass is 398 g/mol. The maximum absolute atomic E-state index is 12.2. The Morgan fingerprint density at radius 3 is 2.48 bits per heavy atom. The SMILES string of the molecule is CC1(C)OB(C(=Cc2cn[nH]c2N)CNC(=O)OCc2ccccc2)OC1(C)C. The second kappa shape index (κ2) is 8.30. The molecule has 0 atom stereocenters. The smallest absolute Gasteiger partial charge is 0.445 e. The van der Waals surface area contributed by atoms with Gasteiger partial charge in [0.1, 0.15) is 12.4 Å².